The van der Waals surface area contributed by atoms with Gasteiger partial charge < -0.3 is 5.32 Å². The highest BCUT2D eigenvalue weighted by molar-refractivity contribution is 6.31. The highest BCUT2D eigenvalue weighted by Crippen LogP contribution is 2.25. The lowest BCUT2D eigenvalue weighted by Crippen LogP contribution is -2.26. The fourth-order valence-corrected chi connectivity index (χ4v) is 2.21. The van der Waals surface area contributed by atoms with Crippen LogP contribution in [-0.4, -0.2) is 6.54 Å². The fraction of sp³-hybridized carbons (Fsp3) is 0.538. The van der Waals surface area contributed by atoms with Crippen LogP contribution in [0.5, 0.6) is 0 Å². The van der Waals surface area contributed by atoms with Gasteiger partial charge in [0.25, 0.3) is 0 Å². The Morgan fingerprint density at radius 2 is 2.20 bits per heavy atom. The van der Waals surface area contributed by atoms with E-state index in [1.54, 1.807) is 0 Å². The van der Waals surface area contributed by atoms with Crippen LogP contribution in [0.3, 0.4) is 0 Å². The first-order valence-electron chi connectivity index (χ1n) is 5.71. The van der Waals surface area contributed by atoms with Crippen molar-refractivity contribution in [1.82, 2.24) is 5.32 Å². The van der Waals surface area contributed by atoms with Crippen LogP contribution in [0.4, 0.5) is 0 Å². The Bertz CT molecular complexity index is 331. The van der Waals surface area contributed by atoms with Crippen LogP contribution >= 0.6 is 11.6 Å². The Kier molecular flexibility index (Phi) is 3.66. The number of rotatable bonds is 4. The van der Waals surface area contributed by atoms with Gasteiger partial charge in [-0.25, -0.2) is 0 Å². The largest absolute Gasteiger partial charge is 0.312 e. The zero-order valence-corrected chi connectivity index (χ0v) is 9.98. The van der Waals surface area contributed by atoms with E-state index in [2.05, 4.69) is 24.4 Å². The van der Waals surface area contributed by atoms with Gasteiger partial charge in [0.1, 0.15) is 0 Å². The molecule has 1 aromatic carbocycles. The van der Waals surface area contributed by atoms with E-state index in [0.717, 1.165) is 24.0 Å². The zero-order chi connectivity index (χ0) is 10.7. The summed E-state index contributed by atoms with van der Waals surface area (Å²) in [5, 5.41) is 4.36. The van der Waals surface area contributed by atoms with Gasteiger partial charge in [-0.3, -0.25) is 0 Å². The van der Waals surface area contributed by atoms with E-state index in [1.807, 2.05) is 6.07 Å². The van der Waals surface area contributed by atoms with E-state index in [0.29, 0.717) is 0 Å². The highest BCUT2D eigenvalue weighted by Gasteiger charge is 2.16. The van der Waals surface area contributed by atoms with Crippen LogP contribution in [-0.2, 0) is 6.54 Å². The second-order valence-electron chi connectivity index (χ2n) is 4.52. The normalized spacial score (nSPS) is 16.4. The first-order valence-corrected chi connectivity index (χ1v) is 6.09. The van der Waals surface area contributed by atoms with E-state index in [9.17, 15) is 0 Å². The van der Waals surface area contributed by atoms with Crippen molar-refractivity contribution in [2.45, 2.75) is 32.7 Å². The summed E-state index contributed by atoms with van der Waals surface area (Å²) in [6, 6.07) is 6.26. The van der Waals surface area contributed by atoms with Gasteiger partial charge in [0, 0.05) is 11.6 Å². The van der Waals surface area contributed by atoms with Crippen molar-refractivity contribution >= 4 is 11.6 Å². The third-order valence-electron chi connectivity index (χ3n) is 3.18. The Morgan fingerprint density at radius 3 is 2.80 bits per heavy atom. The van der Waals surface area contributed by atoms with Crippen molar-refractivity contribution in [3.63, 3.8) is 0 Å². The topological polar surface area (TPSA) is 12.0 Å². The minimum Gasteiger partial charge on any atom is -0.312 e. The van der Waals surface area contributed by atoms with Gasteiger partial charge in [-0.05, 0) is 49.4 Å². The molecule has 1 aliphatic rings. The van der Waals surface area contributed by atoms with E-state index in [-0.39, 0.29) is 0 Å². The molecule has 0 atom stereocenters. The molecule has 0 aliphatic heterocycles. The molecule has 15 heavy (non-hydrogen) atoms. The third-order valence-corrected chi connectivity index (χ3v) is 3.53. The molecule has 1 nitrogen and oxygen atoms in total. The van der Waals surface area contributed by atoms with Crippen molar-refractivity contribution in [2.75, 3.05) is 6.54 Å². The van der Waals surface area contributed by atoms with Crippen LogP contribution in [0.1, 0.15) is 30.4 Å². The molecule has 0 aromatic heterocycles. The summed E-state index contributed by atoms with van der Waals surface area (Å²) in [7, 11) is 0. The summed E-state index contributed by atoms with van der Waals surface area (Å²) in [5.74, 6) is 0.911. The number of benzene rings is 1. The minimum atomic E-state index is 0.885. The minimum absolute atomic E-state index is 0.885. The summed E-state index contributed by atoms with van der Waals surface area (Å²) in [6.07, 6.45) is 4.21. The number of halogens is 1. The van der Waals surface area contributed by atoms with Crippen molar-refractivity contribution in [3.8, 4) is 0 Å². The third kappa shape index (κ3) is 2.96. The molecule has 0 saturated heterocycles. The van der Waals surface area contributed by atoms with Crippen LogP contribution in [0.2, 0.25) is 5.02 Å². The predicted octanol–water partition coefficient (Wildman–Crippen LogP) is 3.54. The Morgan fingerprint density at radius 1 is 1.40 bits per heavy atom. The summed E-state index contributed by atoms with van der Waals surface area (Å²) in [4.78, 5) is 0. The molecular formula is C13H18ClN. The van der Waals surface area contributed by atoms with Crippen molar-refractivity contribution in [1.29, 1.82) is 0 Å². The molecule has 2 rings (SSSR count). The molecule has 0 amide bonds. The lowest BCUT2D eigenvalue weighted by Gasteiger charge is -2.25. The quantitative estimate of drug-likeness (QED) is 0.824. The molecule has 1 N–H and O–H groups in total. The van der Waals surface area contributed by atoms with Gasteiger partial charge >= 0.3 is 0 Å². The number of hydrogen-bond acceptors (Lipinski definition) is 1. The van der Waals surface area contributed by atoms with E-state index < -0.39 is 0 Å². The molecule has 1 saturated carbocycles. The van der Waals surface area contributed by atoms with Crippen molar-refractivity contribution in [2.24, 2.45) is 5.92 Å². The Labute approximate surface area is 96.8 Å². The maximum Gasteiger partial charge on any atom is 0.0453 e. The molecule has 0 unspecified atom stereocenters. The van der Waals surface area contributed by atoms with E-state index in [1.165, 1.54) is 30.4 Å². The molecule has 0 bridgehead atoms. The van der Waals surface area contributed by atoms with Crippen molar-refractivity contribution < 1.29 is 0 Å². The van der Waals surface area contributed by atoms with Crippen LogP contribution in [0.15, 0.2) is 18.2 Å². The average Bonchev–Trinajstić information content (AvgIpc) is 2.12. The molecular weight excluding hydrogens is 206 g/mol. The second kappa shape index (κ2) is 5.00. The first-order chi connectivity index (χ1) is 7.25. The number of nitrogens with one attached hydrogen (secondary N) is 1. The predicted molar refractivity (Wildman–Crippen MR) is 65.2 cm³/mol. The summed E-state index contributed by atoms with van der Waals surface area (Å²) >= 11 is 6.15. The molecule has 0 radical (unpaired) electrons. The first kappa shape index (κ1) is 11.0. The van der Waals surface area contributed by atoms with Gasteiger partial charge in [0.2, 0.25) is 0 Å². The van der Waals surface area contributed by atoms with Crippen LogP contribution < -0.4 is 5.32 Å². The Balaban J connectivity index is 1.81. The van der Waals surface area contributed by atoms with Gasteiger partial charge in [-0.1, -0.05) is 30.2 Å². The number of aryl methyl sites for hydroxylation is 1. The standard InChI is InChI=1S/C13H18ClN/c1-10-5-6-12(13(14)7-10)9-15-8-11-3-2-4-11/h5-7,11,15H,2-4,8-9H2,1H3. The smallest absolute Gasteiger partial charge is 0.0453 e. The highest BCUT2D eigenvalue weighted by atomic mass is 35.5. The van der Waals surface area contributed by atoms with Gasteiger partial charge in [-0.2, -0.15) is 0 Å². The van der Waals surface area contributed by atoms with Gasteiger partial charge in [0.15, 0.2) is 0 Å². The monoisotopic (exact) mass is 223 g/mol. The molecule has 0 heterocycles. The summed E-state index contributed by atoms with van der Waals surface area (Å²) < 4.78 is 0. The van der Waals surface area contributed by atoms with E-state index in [4.69, 9.17) is 11.6 Å². The number of hydrogen-bond donors (Lipinski definition) is 1. The van der Waals surface area contributed by atoms with Crippen LogP contribution in [0.25, 0.3) is 0 Å². The Hall–Kier alpha value is -0.530. The maximum atomic E-state index is 6.15. The molecule has 1 aliphatic carbocycles. The van der Waals surface area contributed by atoms with Gasteiger partial charge in [-0.15, -0.1) is 0 Å². The molecule has 1 fully saturated rings. The van der Waals surface area contributed by atoms with E-state index >= 15 is 0 Å². The van der Waals surface area contributed by atoms with Crippen LogP contribution in [0, 0.1) is 12.8 Å². The summed E-state index contributed by atoms with van der Waals surface area (Å²) in [5.41, 5.74) is 2.43. The molecule has 82 valence electrons. The fourth-order valence-electron chi connectivity index (χ4n) is 1.90. The lowest BCUT2D eigenvalue weighted by molar-refractivity contribution is 0.301. The SMILES string of the molecule is Cc1ccc(CNCC2CCC2)c(Cl)c1. The molecule has 2 heteroatoms. The molecule has 0 spiro atoms. The lowest BCUT2D eigenvalue weighted by atomic mass is 9.85. The average molecular weight is 224 g/mol. The second-order valence-corrected chi connectivity index (χ2v) is 4.93. The van der Waals surface area contributed by atoms with Gasteiger partial charge in [0.05, 0.1) is 0 Å². The maximum absolute atomic E-state index is 6.15. The summed E-state index contributed by atoms with van der Waals surface area (Å²) in [6.45, 7) is 4.11. The zero-order valence-electron chi connectivity index (χ0n) is 9.22. The molecule has 1 aromatic rings. The van der Waals surface area contributed by atoms with Crippen molar-refractivity contribution in [3.05, 3.63) is 34.3 Å².